The molecule has 0 amide bonds. The van der Waals surface area contributed by atoms with Crippen LogP contribution in [0.1, 0.15) is 0 Å². The van der Waals surface area contributed by atoms with Crippen molar-refractivity contribution in [3.63, 3.8) is 0 Å². The molecular formula is C58H49Cl3N10O4. The molecule has 0 saturated carbocycles. The summed E-state index contributed by atoms with van der Waals surface area (Å²) in [6.45, 7) is 0. The predicted octanol–water partition coefficient (Wildman–Crippen LogP) is 15.6. The fraction of sp³-hybridized carbons (Fsp3) is 0.0690. The molecule has 0 aliphatic rings. The maximum atomic E-state index is 5.66. The Bertz CT molecular complexity index is 3080. The molecule has 0 spiro atoms. The van der Waals surface area contributed by atoms with Gasteiger partial charge in [-0.05, 0) is 132 Å². The molecular weight excluding hydrogens is 1010 g/mol. The standard InChI is InChI=1S/C42H36N6O3.C13H13NO.C3Cl3N3/c1-49-37-25-13-22-34(28-37)46(31-16-7-4-8-17-31)40-43-41(47(32-18-9-5-10-19-32)35-23-14-26-38(29-35)50-2)45-42(44-40)48(33-20-11-6-12-21-33)36-24-15-27-39(30-36)51-3;1-15-13-9-5-8-12(10-13)14-11-6-3-2-4-7-11;4-1-7-2(5)9-3(6)8-1/h4-30H,1-3H3;2-10,14H,1H3;. The van der Waals surface area contributed by atoms with Crippen molar-refractivity contribution in [3.8, 4) is 23.0 Å². The first-order chi connectivity index (χ1) is 36.7. The van der Waals surface area contributed by atoms with Crippen LogP contribution in [0.25, 0.3) is 0 Å². The van der Waals surface area contributed by atoms with E-state index in [0.29, 0.717) is 35.1 Å². The van der Waals surface area contributed by atoms with Crippen LogP contribution in [0.5, 0.6) is 23.0 Å². The van der Waals surface area contributed by atoms with Crippen molar-refractivity contribution in [2.45, 2.75) is 0 Å². The highest BCUT2D eigenvalue weighted by molar-refractivity contribution is 6.33. The molecule has 8 aromatic carbocycles. The molecule has 1 N–H and O–H groups in total. The number of anilines is 11. The molecule has 2 aromatic heterocycles. The molecule has 2 heterocycles. The van der Waals surface area contributed by atoms with Crippen molar-refractivity contribution in [1.82, 2.24) is 29.9 Å². The lowest BCUT2D eigenvalue weighted by atomic mass is 10.2. The first-order valence-corrected chi connectivity index (χ1v) is 24.3. The van der Waals surface area contributed by atoms with Gasteiger partial charge in [0.2, 0.25) is 33.7 Å². The fourth-order valence-electron chi connectivity index (χ4n) is 7.46. The van der Waals surface area contributed by atoms with Crippen molar-refractivity contribution in [2.24, 2.45) is 0 Å². The summed E-state index contributed by atoms with van der Waals surface area (Å²) < 4.78 is 22.1. The van der Waals surface area contributed by atoms with Crippen LogP contribution in [-0.2, 0) is 0 Å². The third-order valence-electron chi connectivity index (χ3n) is 10.9. The number of aromatic nitrogens is 6. The zero-order valence-corrected chi connectivity index (χ0v) is 43.3. The highest BCUT2D eigenvalue weighted by Crippen LogP contribution is 2.42. The number of para-hydroxylation sites is 4. The van der Waals surface area contributed by atoms with Crippen molar-refractivity contribution in [3.05, 3.63) is 234 Å². The number of benzene rings is 8. The Morgan fingerprint density at radius 2 is 0.560 bits per heavy atom. The van der Waals surface area contributed by atoms with Crippen molar-refractivity contribution >= 4 is 98.1 Å². The SMILES string of the molecule is COc1cccc(N(c2ccccc2)c2nc(N(c3ccccc3)c3cccc(OC)c3)nc(N(c3ccccc3)c3cccc(OC)c3)n2)c1.COc1cccc(Nc2ccccc2)c1.Clc1nc(Cl)nc(Cl)n1. The van der Waals surface area contributed by atoms with Gasteiger partial charge in [0.05, 0.1) is 45.5 Å². The Kier molecular flexibility index (Phi) is 18.3. The smallest absolute Gasteiger partial charge is 0.241 e. The van der Waals surface area contributed by atoms with E-state index in [1.165, 1.54) is 0 Å². The Morgan fingerprint density at radius 3 is 0.880 bits per heavy atom. The normalized spacial score (nSPS) is 10.3. The molecule has 0 aliphatic heterocycles. The van der Waals surface area contributed by atoms with Crippen LogP contribution in [0.3, 0.4) is 0 Å². The number of hydrogen-bond acceptors (Lipinski definition) is 14. The number of nitrogens with one attached hydrogen (secondary N) is 1. The van der Waals surface area contributed by atoms with Gasteiger partial charge in [0, 0.05) is 52.7 Å². The van der Waals surface area contributed by atoms with E-state index in [1.807, 2.05) is 233 Å². The second-order valence-electron chi connectivity index (χ2n) is 15.7. The maximum Gasteiger partial charge on any atom is 0.241 e. The topological polar surface area (TPSA) is 136 Å². The predicted molar refractivity (Wildman–Crippen MR) is 301 cm³/mol. The van der Waals surface area contributed by atoms with Gasteiger partial charge in [0.25, 0.3) is 0 Å². The second-order valence-corrected chi connectivity index (χ2v) is 16.7. The molecule has 10 aromatic rings. The van der Waals surface area contributed by atoms with Crippen molar-refractivity contribution in [2.75, 3.05) is 48.5 Å². The third-order valence-corrected chi connectivity index (χ3v) is 11.4. The Morgan fingerprint density at radius 1 is 0.293 bits per heavy atom. The average Bonchev–Trinajstić information content (AvgIpc) is 3.44. The molecule has 17 heteroatoms. The molecule has 0 unspecified atom stereocenters. The van der Waals surface area contributed by atoms with E-state index in [2.05, 4.69) is 20.3 Å². The summed E-state index contributed by atoms with van der Waals surface area (Å²) in [5.41, 5.74) is 7.10. The summed E-state index contributed by atoms with van der Waals surface area (Å²) in [7, 11) is 6.64. The van der Waals surface area contributed by atoms with Gasteiger partial charge in [-0.25, -0.2) is 0 Å². The van der Waals surface area contributed by atoms with E-state index in [-0.39, 0.29) is 15.9 Å². The number of rotatable bonds is 15. The van der Waals surface area contributed by atoms with Crippen LogP contribution in [0, 0.1) is 0 Å². The molecule has 14 nitrogen and oxygen atoms in total. The number of nitrogens with zero attached hydrogens (tertiary/aromatic N) is 9. The van der Waals surface area contributed by atoms with Crippen LogP contribution < -0.4 is 39.0 Å². The van der Waals surface area contributed by atoms with Gasteiger partial charge in [-0.3, -0.25) is 14.7 Å². The Labute approximate surface area is 450 Å². The van der Waals surface area contributed by atoms with Crippen LogP contribution in [-0.4, -0.2) is 58.3 Å². The highest BCUT2D eigenvalue weighted by atomic mass is 35.5. The first-order valence-electron chi connectivity index (χ1n) is 23.1. The van der Waals surface area contributed by atoms with E-state index in [1.54, 1.807) is 28.4 Å². The van der Waals surface area contributed by atoms with Gasteiger partial charge >= 0.3 is 0 Å². The zero-order chi connectivity index (χ0) is 52.4. The van der Waals surface area contributed by atoms with Crippen LogP contribution >= 0.6 is 34.8 Å². The minimum atomic E-state index is 0.000000000000000444. The Balaban J connectivity index is 0.000000253. The molecule has 75 heavy (non-hydrogen) atoms. The third kappa shape index (κ3) is 14.2. The lowest BCUT2D eigenvalue weighted by Gasteiger charge is -2.30. The average molecular weight is 1060 g/mol. The highest BCUT2D eigenvalue weighted by Gasteiger charge is 2.26. The summed E-state index contributed by atoms with van der Waals surface area (Å²) in [5.74, 6) is 4.13. The van der Waals surface area contributed by atoms with Gasteiger partial charge in [0.1, 0.15) is 23.0 Å². The van der Waals surface area contributed by atoms with Crippen LogP contribution in [0.15, 0.2) is 218 Å². The lowest BCUT2D eigenvalue weighted by molar-refractivity contribution is 0.415. The number of hydrogen-bond donors (Lipinski definition) is 1. The summed E-state index contributed by atoms with van der Waals surface area (Å²) in [4.78, 5) is 32.1. The molecule has 0 atom stereocenters. The second kappa shape index (κ2) is 26.1. The van der Waals surface area contributed by atoms with Crippen LogP contribution in [0.4, 0.5) is 63.3 Å². The number of halogens is 3. The summed E-state index contributed by atoms with van der Waals surface area (Å²) in [5, 5.41) is 3.30. The first kappa shape index (κ1) is 52.4. The quantitative estimate of drug-likeness (QED) is 0.104. The van der Waals surface area contributed by atoms with Crippen molar-refractivity contribution in [1.29, 1.82) is 0 Å². The van der Waals surface area contributed by atoms with Gasteiger partial charge in [-0.2, -0.15) is 29.9 Å². The van der Waals surface area contributed by atoms with E-state index < -0.39 is 0 Å². The van der Waals surface area contributed by atoms with Crippen LogP contribution in [0.2, 0.25) is 15.9 Å². The fourth-order valence-corrected chi connectivity index (χ4v) is 8.07. The molecule has 0 radical (unpaired) electrons. The van der Waals surface area contributed by atoms with Gasteiger partial charge < -0.3 is 24.3 Å². The zero-order valence-electron chi connectivity index (χ0n) is 41.1. The number of methoxy groups -OCH3 is 4. The molecule has 0 aliphatic carbocycles. The number of ether oxygens (including phenoxy) is 4. The molecule has 0 bridgehead atoms. The monoisotopic (exact) mass is 1050 g/mol. The minimum Gasteiger partial charge on any atom is -0.497 e. The summed E-state index contributed by atoms with van der Waals surface area (Å²) >= 11 is 16.0. The van der Waals surface area contributed by atoms with Gasteiger partial charge in [-0.15, -0.1) is 0 Å². The Hall–Kier alpha value is -8.95. The van der Waals surface area contributed by atoms with Gasteiger partial charge in [-0.1, -0.05) is 97.1 Å². The van der Waals surface area contributed by atoms with Gasteiger partial charge in [0.15, 0.2) is 0 Å². The summed E-state index contributed by atoms with van der Waals surface area (Å²) in [6.07, 6.45) is 0. The van der Waals surface area contributed by atoms with E-state index in [9.17, 15) is 0 Å². The largest absolute Gasteiger partial charge is 0.497 e. The molecule has 0 fully saturated rings. The molecule has 0 saturated heterocycles. The maximum absolute atomic E-state index is 5.66. The molecule has 10 rings (SSSR count). The lowest BCUT2D eigenvalue weighted by Crippen LogP contribution is -2.22. The van der Waals surface area contributed by atoms with E-state index in [4.69, 9.17) is 68.7 Å². The summed E-state index contributed by atoms with van der Waals surface area (Å²) in [6, 6.07) is 71.5. The molecule has 376 valence electrons. The van der Waals surface area contributed by atoms with Crippen molar-refractivity contribution < 1.29 is 18.9 Å². The van der Waals surface area contributed by atoms with E-state index >= 15 is 0 Å². The minimum absolute atomic E-state index is 0.000000000000000444. The van der Waals surface area contributed by atoms with E-state index in [0.717, 1.165) is 51.2 Å².